The maximum Gasteiger partial charge on any atom is 0.235 e. The summed E-state index contributed by atoms with van der Waals surface area (Å²) in [6.45, 7) is 4.05. The summed E-state index contributed by atoms with van der Waals surface area (Å²) < 4.78 is 17.9. The number of aromatic nitrogens is 4. The molecule has 132 valence electrons. The molecule has 0 atom stereocenters. The minimum atomic E-state index is 0.680. The highest BCUT2D eigenvalue weighted by Gasteiger charge is 2.18. The van der Waals surface area contributed by atoms with Crippen molar-refractivity contribution in [3.8, 4) is 22.1 Å². The molecule has 0 spiro atoms. The molecule has 1 aliphatic rings. The fraction of sp³-hybridized carbons (Fsp3) is 0.438. The van der Waals surface area contributed by atoms with Gasteiger partial charge in [-0.05, 0) is 18.2 Å². The summed E-state index contributed by atoms with van der Waals surface area (Å²) in [5.74, 6) is 2.22. The molecule has 0 saturated carbocycles. The third-order valence-corrected chi connectivity index (χ3v) is 5.10. The van der Waals surface area contributed by atoms with Crippen LogP contribution in [0.2, 0.25) is 0 Å². The quantitative estimate of drug-likeness (QED) is 0.685. The van der Waals surface area contributed by atoms with E-state index < -0.39 is 0 Å². The van der Waals surface area contributed by atoms with E-state index in [2.05, 4.69) is 15.1 Å². The van der Waals surface area contributed by atoms with Gasteiger partial charge < -0.3 is 14.2 Å². The van der Waals surface area contributed by atoms with Crippen molar-refractivity contribution in [3.05, 3.63) is 24.0 Å². The molecule has 3 heterocycles. The first-order valence-electron chi connectivity index (χ1n) is 8.02. The summed E-state index contributed by atoms with van der Waals surface area (Å²) in [7, 11) is 3.25. The van der Waals surface area contributed by atoms with Gasteiger partial charge >= 0.3 is 0 Å². The molecule has 8 nitrogen and oxygen atoms in total. The van der Waals surface area contributed by atoms with Crippen molar-refractivity contribution >= 4 is 16.3 Å². The third kappa shape index (κ3) is 3.17. The molecule has 3 aromatic rings. The highest BCUT2D eigenvalue weighted by molar-refractivity contribution is 7.19. The van der Waals surface area contributed by atoms with Crippen LogP contribution in [0.1, 0.15) is 5.82 Å². The van der Waals surface area contributed by atoms with E-state index in [1.807, 2.05) is 22.7 Å². The van der Waals surface area contributed by atoms with Crippen LogP contribution >= 0.6 is 11.3 Å². The van der Waals surface area contributed by atoms with Crippen molar-refractivity contribution in [2.24, 2.45) is 0 Å². The van der Waals surface area contributed by atoms with Gasteiger partial charge in [0.15, 0.2) is 17.3 Å². The monoisotopic (exact) mass is 361 g/mol. The molecule has 1 fully saturated rings. The maximum atomic E-state index is 5.39. The molecule has 4 rings (SSSR count). The Morgan fingerprint density at radius 2 is 1.92 bits per heavy atom. The second-order valence-electron chi connectivity index (χ2n) is 5.68. The van der Waals surface area contributed by atoms with Gasteiger partial charge in [-0.2, -0.15) is 9.61 Å². The second kappa shape index (κ2) is 6.95. The number of fused-ring (bicyclic) bond motifs is 1. The zero-order valence-electron chi connectivity index (χ0n) is 14.1. The van der Waals surface area contributed by atoms with Gasteiger partial charge in [-0.25, -0.2) is 0 Å². The fourth-order valence-electron chi connectivity index (χ4n) is 2.80. The minimum absolute atomic E-state index is 0.680. The summed E-state index contributed by atoms with van der Waals surface area (Å²) in [4.78, 5) is 3.09. The zero-order valence-corrected chi connectivity index (χ0v) is 15.0. The van der Waals surface area contributed by atoms with E-state index in [0.717, 1.165) is 54.2 Å². The molecule has 0 bridgehead atoms. The van der Waals surface area contributed by atoms with Crippen LogP contribution in [0.15, 0.2) is 18.2 Å². The maximum absolute atomic E-state index is 5.39. The number of morpholine rings is 1. The van der Waals surface area contributed by atoms with Crippen LogP contribution in [-0.4, -0.2) is 65.2 Å². The van der Waals surface area contributed by atoms with Crippen LogP contribution in [0, 0.1) is 0 Å². The van der Waals surface area contributed by atoms with Crippen LogP contribution < -0.4 is 9.47 Å². The van der Waals surface area contributed by atoms with E-state index >= 15 is 0 Å². The Bertz CT molecular complexity index is 872. The zero-order chi connectivity index (χ0) is 17.2. The number of methoxy groups -OCH3 is 2. The fourth-order valence-corrected chi connectivity index (χ4v) is 3.66. The van der Waals surface area contributed by atoms with Gasteiger partial charge in [0.25, 0.3) is 0 Å². The average molecular weight is 361 g/mol. The van der Waals surface area contributed by atoms with Crippen LogP contribution in [0.4, 0.5) is 0 Å². The lowest BCUT2D eigenvalue weighted by Gasteiger charge is -2.25. The predicted octanol–water partition coefficient (Wildman–Crippen LogP) is 1.70. The Morgan fingerprint density at radius 1 is 1.12 bits per heavy atom. The van der Waals surface area contributed by atoms with Gasteiger partial charge in [0.1, 0.15) is 5.01 Å². The van der Waals surface area contributed by atoms with E-state index in [-0.39, 0.29) is 0 Å². The highest BCUT2D eigenvalue weighted by atomic mass is 32.1. The molecule has 1 aliphatic heterocycles. The van der Waals surface area contributed by atoms with E-state index in [4.69, 9.17) is 19.3 Å². The Kier molecular flexibility index (Phi) is 4.51. The molecule has 1 saturated heterocycles. The highest BCUT2D eigenvalue weighted by Crippen LogP contribution is 2.34. The third-order valence-electron chi connectivity index (χ3n) is 4.15. The molecule has 0 amide bonds. The SMILES string of the molecule is COc1ccc(-c2nn3c(CN4CCOCC4)nnc3s2)cc1OC. The lowest BCUT2D eigenvalue weighted by molar-refractivity contribution is 0.0328. The Labute approximate surface area is 148 Å². The Balaban J connectivity index is 1.63. The topological polar surface area (TPSA) is 74.0 Å². The van der Waals surface area contributed by atoms with Crippen LogP contribution in [0.3, 0.4) is 0 Å². The van der Waals surface area contributed by atoms with Crippen LogP contribution in [-0.2, 0) is 11.3 Å². The van der Waals surface area contributed by atoms with Crippen molar-refractivity contribution in [2.45, 2.75) is 6.54 Å². The van der Waals surface area contributed by atoms with Crippen LogP contribution in [0.25, 0.3) is 15.5 Å². The van der Waals surface area contributed by atoms with Gasteiger partial charge in [-0.3, -0.25) is 4.90 Å². The summed E-state index contributed by atoms with van der Waals surface area (Å²) in [5, 5.41) is 14.1. The van der Waals surface area contributed by atoms with Gasteiger partial charge in [-0.1, -0.05) is 11.3 Å². The number of hydrogen-bond donors (Lipinski definition) is 0. The minimum Gasteiger partial charge on any atom is -0.493 e. The molecular weight excluding hydrogens is 342 g/mol. The van der Waals surface area contributed by atoms with Gasteiger partial charge in [-0.15, -0.1) is 10.2 Å². The molecule has 0 N–H and O–H groups in total. The Hall–Kier alpha value is -2.23. The molecule has 0 unspecified atom stereocenters. The van der Waals surface area contributed by atoms with Crippen molar-refractivity contribution in [3.63, 3.8) is 0 Å². The van der Waals surface area contributed by atoms with E-state index in [9.17, 15) is 0 Å². The lowest BCUT2D eigenvalue weighted by atomic mass is 10.2. The molecular formula is C16H19N5O3S. The molecule has 25 heavy (non-hydrogen) atoms. The first kappa shape index (κ1) is 16.2. The smallest absolute Gasteiger partial charge is 0.235 e. The van der Waals surface area contributed by atoms with Crippen molar-refractivity contribution in [1.29, 1.82) is 0 Å². The molecule has 9 heteroatoms. The van der Waals surface area contributed by atoms with Crippen molar-refractivity contribution in [2.75, 3.05) is 40.5 Å². The van der Waals surface area contributed by atoms with Gasteiger partial charge in [0.05, 0.1) is 34.0 Å². The Morgan fingerprint density at radius 3 is 2.68 bits per heavy atom. The summed E-state index contributed by atoms with van der Waals surface area (Å²) >= 11 is 1.50. The first-order chi connectivity index (χ1) is 12.3. The van der Waals surface area contributed by atoms with Crippen molar-refractivity contribution < 1.29 is 14.2 Å². The van der Waals surface area contributed by atoms with Gasteiger partial charge in [0, 0.05) is 18.7 Å². The van der Waals surface area contributed by atoms with E-state index in [1.54, 1.807) is 14.2 Å². The predicted molar refractivity (Wildman–Crippen MR) is 93.3 cm³/mol. The standard InChI is InChI=1S/C16H19N5O3S/c1-22-12-4-3-11(9-13(12)23-2)15-19-21-14(17-18-16(21)25-15)10-20-5-7-24-8-6-20/h3-4,9H,5-8,10H2,1-2H3. The lowest BCUT2D eigenvalue weighted by Crippen LogP contribution is -2.36. The molecule has 1 aromatic carbocycles. The van der Waals surface area contributed by atoms with Gasteiger partial charge in [0.2, 0.25) is 4.96 Å². The summed E-state index contributed by atoms with van der Waals surface area (Å²) in [6.07, 6.45) is 0. The number of ether oxygens (including phenoxy) is 3. The van der Waals surface area contributed by atoms with Crippen LogP contribution in [0.5, 0.6) is 11.5 Å². The van der Waals surface area contributed by atoms with E-state index in [0.29, 0.717) is 11.5 Å². The summed E-state index contributed by atoms with van der Waals surface area (Å²) in [6, 6.07) is 5.77. The molecule has 0 aliphatic carbocycles. The second-order valence-corrected chi connectivity index (χ2v) is 6.63. The average Bonchev–Trinajstić information content (AvgIpc) is 3.24. The number of hydrogen-bond acceptors (Lipinski definition) is 8. The molecule has 2 aromatic heterocycles. The normalized spacial score (nSPS) is 15.6. The molecule has 0 radical (unpaired) electrons. The number of benzene rings is 1. The summed E-state index contributed by atoms with van der Waals surface area (Å²) in [5.41, 5.74) is 0.963. The number of rotatable bonds is 5. The largest absolute Gasteiger partial charge is 0.493 e. The van der Waals surface area contributed by atoms with Crippen molar-refractivity contribution in [1.82, 2.24) is 24.7 Å². The van der Waals surface area contributed by atoms with E-state index in [1.165, 1.54) is 11.3 Å². The number of nitrogens with zero attached hydrogens (tertiary/aromatic N) is 5. The first-order valence-corrected chi connectivity index (χ1v) is 8.84.